The highest BCUT2D eigenvalue weighted by Gasteiger charge is 1.95. The van der Waals surface area contributed by atoms with E-state index >= 15 is 0 Å². The summed E-state index contributed by atoms with van der Waals surface area (Å²) in [6.07, 6.45) is 20.0. The van der Waals surface area contributed by atoms with Gasteiger partial charge in [-0.3, -0.25) is 4.79 Å². The molecule has 0 unspecified atom stereocenters. The highest BCUT2D eigenvalue weighted by molar-refractivity contribution is 5.66. The van der Waals surface area contributed by atoms with E-state index < -0.39 is 5.97 Å². The van der Waals surface area contributed by atoms with Crippen molar-refractivity contribution in [3.05, 3.63) is 0 Å². The van der Waals surface area contributed by atoms with Crippen molar-refractivity contribution >= 4 is 5.97 Å². The molecule has 0 aromatic carbocycles. The van der Waals surface area contributed by atoms with Crippen molar-refractivity contribution in [3.8, 4) is 0 Å². The number of carbonyl (C=O) groups is 1. The molecule has 25 heavy (non-hydrogen) atoms. The third-order valence-electron chi connectivity index (χ3n) is 4.45. The van der Waals surface area contributed by atoms with E-state index in [2.05, 4.69) is 26.1 Å². The lowest BCUT2D eigenvalue weighted by Crippen LogP contribution is -2.13. The molecule has 3 nitrogen and oxygen atoms in total. The molecule has 0 heterocycles. The summed E-state index contributed by atoms with van der Waals surface area (Å²) in [5.41, 5.74) is 0. The van der Waals surface area contributed by atoms with Gasteiger partial charge in [-0.1, -0.05) is 104 Å². The molecule has 0 aliphatic carbocycles. The zero-order valence-corrected chi connectivity index (χ0v) is 17.6. The molecule has 0 bridgehead atoms. The highest BCUT2D eigenvalue weighted by atomic mass is 16.4. The molecule has 0 rings (SSSR count). The first kappa shape index (κ1) is 26.7. The Morgan fingerprint density at radius 1 is 0.640 bits per heavy atom. The van der Waals surface area contributed by atoms with Gasteiger partial charge >= 0.3 is 5.97 Å². The van der Waals surface area contributed by atoms with E-state index in [1.807, 2.05) is 0 Å². The monoisotopic (exact) mass is 357 g/mol. The number of aliphatic carboxylic acids is 1. The Bertz CT molecular complexity index is 234. The van der Waals surface area contributed by atoms with Crippen LogP contribution in [0.25, 0.3) is 0 Å². The first-order valence-corrected chi connectivity index (χ1v) is 11.1. The maximum atomic E-state index is 10.1. The average Bonchev–Trinajstić information content (AvgIpc) is 2.60. The second kappa shape index (κ2) is 25.7. The number of nitrogens with one attached hydrogen (secondary N) is 1. The van der Waals surface area contributed by atoms with E-state index in [1.165, 1.54) is 90.0 Å². The molecule has 0 amide bonds. The fraction of sp³-hybridized carbons (Fsp3) is 0.955. The highest BCUT2D eigenvalue weighted by Crippen LogP contribution is 2.08. The number of rotatable bonds is 18. The Morgan fingerprint density at radius 3 is 1.44 bits per heavy atom. The number of carboxylic acid groups (broad SMARTS) is 1. The molecule has 0 aliphatic heterocycles. The van der Waals surface area contributed by atoms with Gasteiger partial charge in [0.15, 0.2) is 0 Å². The Morgan fingerprint density at radius 2 is 1.04 bits per heavy atom. The minimum absolute atomic E-state index is 0.341. The van der Waals surface area contributed by atoms with Crippen molar-refractivity contribution in [2.75, 3.05) is 13.1 Å². The van der Waals surface area contributed by atoms with Crippen molar-refractivity contribution in [1.82, 2.24) is 5.32 Å². The second-order valence-corrected chi connectivity index (χ2v) is 7.09. The van der Waals surface area contributed by atoms with Gasteiger partial charge in [0.2, 0.25) is 0 Å². The van der Waals surface area contributed by atoms with Gasteiger partial charge in [-0.15, -0.1) is 0 Å². The number of hydrogen-bond donors (Lipinski definition) is 2. The summed E-state index contributed by atoms with van der Waals surface area (Å²) in [5, 5.41) is 11.7. The van der Waals surface area contributed by atoms with Crippen LogP contribution >= 0.6 is 0 Å². The summed E-state index contributed by atoms with van der Waals surface area (Å²) in [7, 11) is 0. The lowest BCUT2D eigenvalue weighted by atomic mass is 10.1. The molecule has 152 valence electrons. The van der Waals surface area contributed by atoms with Gasteiger partial charge in [0.05, 0.1) is 0 Å². The van der Waals surface area contributed by atoms with Crippen LogP contribution in [-0.2, 0) is 4.79 Å². The largest absolute Gasteiger partial charge is 0.481 e. The molecule has 0 saturated carbocycles. The maximum Gasteiger partial charge on any atom is 0.303 e. The SMILES string of the molecule is CCCCCCCCCC(=O)O.CCCCCCCCCCNCC. The maximum absolute atomic E-state index is 10.1. The predicted octanol–water partition coefficient (Wildman–Crippen LogP) is 6.95. The molecule has 0 fully saturated rings. The van der Waals surface area contributed by atoms with Gasteiger partial charge in [-0.05, 0) is 25.9 Å². The van der Waals surface area contributed by atoms with Gasteiger partial charge in [-0.2, -0.15) is 0 Å². The van der Waals surface area contributed by atoms with Crippen molar-refractivity contribution < 1.29 is 9.90 Å². The number of hydrogen-bond acceptors (Lipinski definition) is 2. The summed E-state index contributed by atoms with van der Waals surface area (Å²) in [4.78, 5) is 10.1. The van der Waals surface area contributed by atoms with Crippen LogP contribution in [0.3, 0.4) is 0 Å². The summed E-state index contributed by atoms with van der Waals surface area (Å²) in [5.74, 6) is -0.663. The summed E-state index contributed by atoms with van der Waals surface area (Å²) >= 11 is 0. The van der Waals surface area contributed by atoms with E-state index in [9.17, 15) is 4.79 Å². The summed E-state index contributed by atoms with van der Waals surface area (Å²) in [6, 6.07) is 0. The topological polar surface area (TPSA) is 49.3 Å². The van der Waals surface area contributed by atoms with E-state index in [4.69, 9.17) is 5.11 Å². The van der Waals surface area contributed by atoms with Gasteiger partial charge in [0.25, 0.3) is 0 Å². The fourth-order valence-corrected chi connectivity index (χ4v) is 2.79. The first-order chi connectivity index (χ1) is 12.2. The normalized spacial score (nSPS) is 10.4. The minimum Gasteiger partial charge on any atom is -0.481 e. The summed E-state index contributed by atoms with van der Waals surface area (Å²) in [6.45, 7) is 8.98. The van der Waals surface area contributed by atoms with Gasteiger partial charge in [-0.25, -0.2) is 0 Å². The van der Waals surface area contributed by atoms with Crippen molar-refractivity contribution in [3.63, 3.8) is 0 Å². The Kier molecular flexibility index (Phi) is 27.4. The van der Waals surface area contributed by atoms with E-state index in [-0.39, 0.29) is 0 Å². The zero-order valence-electron chi connectivity index (χ0n) is 17.6. The van der Waals surface area contributed by atoms with Crippen molar-refractivity contribution in [1.29, 1.82) is 0 Å². The molecule has 0 aliphatic rings. The average molecular weight is 358 g/mol. The Hall–Kier alpha value is -0.570. The molecule has 2 N–H and O–H groups in total. The van der Waals surface area contributed by atoms with Crippen LogP contribution < -0.4 is 5.32 Å². The second-order valence-electron chi connectivity index (χ2n) is 7.09. The molecule has 0 radical (unpaired) electrons. The standard InChI is InChI=1S/C12H27N.C10H20O2/c1-3-5-6-7-8-9-10-11-12-13-4-2;1-2-3-4-5-6-7-8-9-10(11)12/h13H,3-12H2,1-2H3;2-9H2,1H3,(H,11,12). The quantitative estimate of drug-likeness (QED) is 0.261. The smallest absolute Gasteiger partial charge is 0.303 e. The molecule has 0 aromatic rings. The Balaban J connectivity index is 0. The lowest BCUT2D eigenvalue weighted by Gasteiger charge is -2.01. The number of unbranched alkanes of at least 4 members (excludes halogenated alkanes) is 13. The third-order valence-corrected chi connectivity index (χ3v) is 4.45. The first-order valence-electron chi connectivity index (χ1n) is 11.1. The van der Waals surface area contributed by atoms with Gasteiger partial charge in [0, 0.05) is 6.42 Å². The van der Waals surface area contributed by atoms with Gasteiger partial charge in [0.1, 0.15) is 0 Å². The predicted molar refractivity (Wildman–Crippen MR) is 111 cm³/mol. The minimum atomic E-state index is -0.663. The molecule has 0 aromatic heterocycles. The van der Waals surface area contributed by atoms with Crippen LogP contribution in [-0.4, -0.2) is 24.2 Å². The Labute approximate surface area is 158 Å². The molecular weight excluding hydrogens is 310 g/mol. The van der Waals surface area contributed by atoms with Crippen LogP contribution in [0.5, 0.6) is 0 Å². The lowest BCUT2D eigenvalue weighted by molar-refractivity contribution is -0.137. The fourth-order valence-electron chi connectivity index (χ4n) is 2.79. The van der Waals surface area contributed by atoms with E-state index in [0.29, 0.717) is 6.42 Å². The van der Waals surface area contributed by atoms with Crippen LogP contribution in [0.15, 0.2) is 0 Å². The van der Waals surface area contributed by atoms with Crippen LogP contribution in [0.4, 0.5) is 0 Å². The van der Waals surface area contributed by atoms with E-state index in [0.717, 1.165) is 19.4 Å². The van der Waals surface area contributed by atoms with Crippen molar-refractivity contribution in [2.45, 2.75) is 124 Å². The molecule has 0 saturated heterocycles. The third kappa shape index (κ3) is 31.7. The van der Waals surface area contributed by atoms with E-state index in [1.54, 1.807) is 0 Å². The van der Waals surface area contributed by atoms with Crippen LogP contribution in [0.2, 0.25) is 0 Å². The van der Waals surface area contributed by atoms with Gasteiger partial charge < -0.3 is 10.4 Å². The molecule has 3 heteroatoms. The number of carboxylic acids is 1. The van der Waals surface area contributed by atoms with Crippen molar-refractivity contribution in [2.24, 2.45) is 0 Å². The van der Waals surface area contributed by atoms with Crippen LogP contribution in [0.1, 0.15) is 124 Å². The summed E-state index contributed by atoms with van der Waals surface area (Å²) < 4.78 is 0. The van der Waals surface area contributed by atoms with Crippen LogP contribution in [0, 0.1) is 0 Å². The zero-order chi connectivity index (χ0) is 19.0. The molecule has 0 atom stereocenters. The molecule has 0 spiro atoms. The molecular formula is C22H47NO2.